The molecule has 1 aliphatic rings. The maximum absolute atomic E-state index is 12.5. The molecular formula is C22H22N2OS. The number of aromatic nitrogens is 1. The van der Waals surface area contributed by atoms with Crippen molar-refractivity contribution in [3.63, 3.8) is 0 Å². The number of carbonyl (C=O) groups excluding carboxylic acids is 1. The molecule has 1 aromatic heterocycles. The largest absolute Gasteiger partial charge is 0.339 e. The van der Waals surface area contributed by atoms with Gasteiger partial charge in [-0.05, 0) is 43.5 Å². The molecule has 26 heavy (non-hydrogen) atoms. The van der Waals surface area contributed by atoms with Crippen molar-refractivity contribution in [3.8, 4) is 0 Å². The number of likely N-dealkylation sites (tertiary alicyclic amines) is 1. The highest BCUT2D eigenvalue weighted by Crippen LogP contribution is 2.33. The van der Waals surface area contributed by atoms with Gasteiger partial charge in [-0.1, -0.05) is 42.0 Å². The highest BCUT2D eigenvalue weighted by molar-refractivity contribution is 7.18. The van der Waals surface area contributed by atoms with Gasteiger partial charge in [-0.3, -0.25) is 4.79 Å². The van der Waals surface area contributed by atoms with Gasteiger partial charge >= 0.3 is 0 Å². The molecule has 0 bridgehead atoms. The third kappa shape index (κ3) is 3.70. The van der Waals surface area contributed by atoms with Gasteiger partial charge < -0.3 is 4.90 Å². The Morgan fingerprint density at radius 2 is 1.96 bits per heavy atom. The van der Waals surface area contributed by atoms with E-state index in [0.717, 1.165) is 37.0 Å². The maximum Gasteiger partial charge on any atom is 0.246 e. The molecule has 1 aliphatic heterocycles. The first-order valence-corrected chi connectivity index (χ1v) is 9.90. The van der Waals surface area contributed by atoms with Gasteiger partial charge in [0.05, 0.1) is 15.2 Å². The Morgan fingerprint density at radius 1 is 1.15 bits per heavy atom. The van der Waals surface area contributed by atoms with Crippen LogP contribution in [0, 0.1) is 6.92 Å². The van der Waals surface area contributed by atoms with Gasteiger partial charge in [0.15, 0.2) is 0 Å². The molecule has 1 fully saturated rings. The first-order valence-electron chi connectivity index (χ1n) is 9.08. The summed E-state index contributed by atoms with van der Waals surface area (Å²) in [6.45, 7) is 3.67. The summed E-state index contributed by atoms with van der Waals surface area (Å²) in [4.78, 5) is 19.2. The first-order chi connectivity index (χ1) is 12.7. The molecule has 4 heteroatoms. The van der Waals surface area contributed by atoms with Crippen LogP contribution in [0.2, 0.25) is 0 Å². The summed E-state index contributed by atoms with van der Waals surface area (Å²) in [7, 11) is 0. The van der Waals surface area contributed by atoms with Crippen molar-refractivity contribution in [3.05, 3.63) is 70.7 Å². The van der Waals surface area contributed by atoms with Crippen molar-refractivity contribution in [2.75, 3.05) is 13.1 Å². The smallest absolute Gasteiger partial charge is 0.246 e. The van der Waals surface area contributed by atoms with E-state index in [9.17, 15) is 4.79 Å². The lowest BCUT2D eigenvalue weighted by Gasteiger charge is -2.30. The molecule has 0 atom stereocenters. The van der Waals surface area contributed by atoms with Gasteiger partial charge in [-0.25, -0.2) is 4.98 Å². The zero-order chi connectivity index (χ0) is 17.9. The van der Waals surface area contributed by atoms with E-state index in [4.69, 9.17) is 4.98 Å². The Hall–Kier alpha value is -2.46. The number of aryl methyl sites for hydroxylation is 1. The van der Waals surface area contributed by atoms with Crippen LogP contribution in [-0.4, -0.2) is 28.9 Å². The second-order valence-corrected chi connectivity index (χ2v) is 7.93. The molecule has 3 aromatic rings. The van der Waals surface area contributed by atoms with E-state index in [2.05, 4.69) is 37.3 Å². The van der Waals surface area contributed by atoms with E-state index in [1.807, 2.05) is 29.2 Å². The standard InChI is InChI=1S/C22H22N2OS/c1-16-5-4-6-17(15-16)9-10-21(25)24-13-11-18(12-14-24)22-23-19-7-2-3-8-20(19)26-22/h2-10,15,18H,11-14H2,1H3/b10-9+. The van der Waals surface area contributed by atoms with E-state index in [1.54, 1.807) is 17.4 Å². The zero-order valence-corrected chi connectivity index (χ0v) is 15.7. The number of hydrogen-bond donors (Lipinski definition) is 0. The fraction of sp³-hybridized carbons (Fsp3) is 0.273. The third-order valence-corrected chi connectivity index (χ3v) is 6.13. The van der Waals surface area contributed by atoms with E-state index >= 15 is 0 Å². The second-order valence-electron chi connectivity index (χ2n) is 6.87. The maximum atomic E-state index is 12.5. The van der Waals surface area contributed by atoms with Gasteiger partial charge in [0, 0.05) is 25.1 Å². The number of benzene rings is 2. The molecule has 1 saturated heterocycles. The predicted molar refractivity (Wildman–Crippen MR) is 108 cm³/mol. The fourth-order valence-corrected chi connectivity index (χ4v) is 4.59. The van der Waals surface area contributed by atoms with E-state index < -0.39 is 0 Å². The minimum atomic E-state index is 0.106. The number of rotatable bonds is 3. The van der Waals surface area contributed by atoms with Crippen molar-refractivity contribution in [2.24, 2.45) is 0 Å². The van der Waals surface area contributed by atoms with Crippen LogP contribution in [0.1, 0.15) is 34.9 Å². The molecule has 3 nitrogen and oxygen atoms in total. The molecule has 2 aromatic carbocycles. The summed E-state index contributed by atoms with van der Waals surface area (Å²) in [6.07, 6.45) is 5.59. The molecule has 4 rings (SSSR count). The van der Waals surface area contributed by atoms with Crippen LogP contribution < -0.4 is 0 Å². The number of para-hydroxylation sites is 1. The molecule has 0 radical (unpaired) electrons. The highest BCUT2D eigenvalue weighted by atomic mass is 32.1. The minimum absolute atomic E-state index is 0.106. The van der Waals surface area contributed by atoms with E-state index in [0.29, 0.717) is 5.92 Å². The Labute approximate surface area is 158 Å². The number of amides is 1. The van der Waals surface area contributed by atoms with Crippen LogP contribution in [0.3, 0.4) is 0 Å². The van der Waals surface area contributed by atoms with Crippen LogP contribution in [0.4, 0.5) is 0 Å². The van der Waals surface area contributed by atoms with Crippen molar-refractivity contribution >= 4 is 33.5 Å². The van der Waals surface area contributed by atoms with Gasteiger partial charge in [0.2, 0.25) is 5.91 Å². The van der Waals surface area contributed by atoms with Crippen LogP contribution >= 0.6 is 11.3 Å². The molecule has 0 spiro atoms. The molecule has 0 saturated carbocycles. The summed E-state index contributed by atoms with van der Waals surface area (Å²) in [5.74, 6) is 0.575. The SMILES string of the molecule is Cc1cccc(/C=C/C(=O)N2CCC(c3nc4ccccc4s3)CC2)c1. The lowest BCUT2D eigenvalue weighted by Crippen LogP contribution is -2.36. The second kappa shape index (κ2) is 7.42. The Bertz CT molecular complexity index is 918. The quantitative estimate of drug-likeness (QED) is 0.613. The molecular weight excluding hydrogens is 340 g/mol. The van der Waals surface area contributed by atoms with Gasteiger partial charge in [0.1, 0.15) is 0 Å². The summed E-state index contributed by atoms with van der Waals surface area (Å²) in [5, 5.41) is 1.22. The normalized spacial score (nSPS) is 15.8. The third-order valence-electron chi connectivity index (χ3n) is 4.93. The lowest BCUT2D eigenvalue weighted by atomic mass is 9.97. The van der Waals surface area contributed by atoms with Crippen LogP contribution in [0.5, 0.6) is 0 Å². The monoisotopic (exact) mass is 362 g/mol. The van der Waals surface area contributed by atoms with Crippen molar-refractivity contribution in [1.82, 2.24) is 9.88 Å². The summed E-state index contributed by atoms with van der Waals surface area (Å²) in [5.41, 5.74) is 3.37. The highest BCUT2D eigenvalue weighted by Gasteiger charge is 2.24. The lowest BCUT2D eigenvalue weighted by molar-refractivity contribution is -0.126. The van der Waals surface area contributed by atoms with Crippen LogP contribution in [0.15, 0.2) is 54.6 Å². The Kier molecular flexibility index (Phi) is 4.85. The molecule has 132 valence electrons. The summed E-state index contributed by atoms with van der Waals surface area (Å²) in [6, 6.07) is 16.5. The topological polar surface area (TPSA) is 33.2 Å². The average molecular weight is 362 g/mol. The minimum Gasteiger partial charge on any atom is -0.339 e. The number of piperidine rings is 1. The van der Waals surface area contributed by atoms with Crippen molar-refractivity contribution in [1.29, 1.82) is 0 Å². The summed E-state index contributed by atoms with van der Waals surface area (Å²) < 4.78 is 1.25. The first kappa shape index (κ1) is 17.0. The molecule has 2 heterocycles. The number of thiazole rings is 1. The fourth-order valence-electron chi connectivity index (χ4n) is 3.46. The molecule has 0 N–H and O–H groups in total. The van der Waals surface area contributed by atoms with E-state index in [1.165, 1.54) is 15.3 Å². The predicted octanol–water partition coefficient (Wildman–Crippen LogP) is 5.02. The molecule has 1 amide bonds. The number of hydrogen-bond acceptors (Lipinski definition) is 3. The van der Waals surface area contributed by atoms with Gasteiger partial charge in [-0.2, -0.15) is 0 Å². The average Bonchev–Trinajstić information content (AvgIpc) is 3.10. The molecule has 0 aliphatic carbocycles. The molecule has 0 unspecified atom stereocenters. The Morgan fingerprint density at radius 3 is 2.73 bits per heavy atom. The number of nitrogens with zero attached hydrogens (tertiary/aromatic N) is 2. The Balaban J connectivity index is 1.37. The van der Waals surface area contributed by atoms with Gasteiger partial charge in [-0.15, -0.1) is 11.3 Å². The van der Waals surface area contributed by atoms with E-state index in [-0.39, 0.29) is 5.91 Å². The number of fused-ring (bicyclic) bond motifs is 1. The number of carbonyl (C=O) groups is 1. The van der Waals surface area contributed by atoms with Crippen LogP contribution in [-0.2, 0) is 4.79 Å². The van der Waals surface area contributed by atoms with Crippen molar-refractivity contribution in [2.45, 2.75) is 25.7 Å². The van der Waals surface area contributed by atoms with Crippen LogP contribution in [0.25, 0.3) is 16.3 Å². The van der Waals surface area contributed by atoms with Crippen molar-refractivity contribution < 1.29 is 4.79 Å². The zero-order valence-electron chi connectivity index (χ0n) is 14.9. The van der Waals surface area contributed by atoms with Gasteiger partial charge in [0.25, 0.3) is 0 Å². The summed E-state index contributed by atoms with van der Waals surface area (Å²) >= 11 is 1.79.